The Labute approximate surface area is 95.0 Å². The van der Waals surface area contributed by atoms with Crippen molar-refractivity contribution in [2.45, 2.75) is 25.8 Å². The van der Waals surface area contributed by atoms with Crippen molar-refractivity contribution < 1.29 is 4.42 Å². The maximum atomic E-state index is 5.80. The van der Waals surface area contributed by atoms with Gasteiger partial charge in [0.05, 0.1) is 6.54 Å². The molecule has 3 rings (SSSR count). The van der Waals surface area contributed by atoms with Gasteiger partial charge in [-0.1, -0.05) is 6.92 Å². The van der Waals surface area contributed by atoms with Gasteiger partial charge < -0.3 is 9.84 Å². The molecule has 1 fully saturated rings. The highest BCUT2D eigenvalue weighted by Crippen LogP contribution is 2.47. The molecule has 0 bridgehead atoms. The zero-order valence-corrected chi connectivity index (χ0v) is 9.39. The lowest BCUT2D eigenvalue weighted by molar-refractivity contribution is 0.463. The van der Waals surface area contributed by atoms with Crippen LogP contribution in [0.25, 0.3) is 0 Å². The van der Waals surface area contributed by atoms with E-state index in [1.165, 1.54) is 6.42 Å². The third kappa shape index (κ3) is 1.85. The second kappa shape index (κ2) is 3.74. The maximum Gasteiger partial charge on any atom is 0.124 e. The Morgan fingerprint density at radius 1 is 1.38 bits per heavy atom. The minimum absolute atomic E-state index is 0.667. The van der Waals surface area contributed by atoms with Crippen molar-refractivity contribution >= 4 is 0 Å². The van der Waals surface area contributed by atoms with Crippen LogP contribution in [0, 0.1) is 5.92 Å². The van der Waals surface area contributed by atoms with Gasteiger partial charge in [0.25, 0.3) is 0 Å². The van der Waals surface area contributed by atoms with E-state index in [-0.39, 0.29) is 0 Å². The van der Waals surface area contributed by atoms with Crippen LogP contribution in [0.5, 0.6) is 0 Å². The van der Waals surface area contributed by atoms with Crippen LogP contribution in [0.3, 0.4) is 0 Å². The molecule has 0 aliphatic heterocycles. The van der Waals surface area contributed by atoms with Crippen LogP contribution in [-0.2, 0) is 6.54 Å². The van der Waals surface area contributed by atoms with Crippen LogP contribution in [0.4, 0.5) is 0 Å². The lowest BCUT2D eigenvalue weighted by Gasteiger charge is -2.04. The van der Waals surface area contributed by atoms with Gasteiger partial charge in [-0.3, -0.25) is 4.68 Å². The third-order valence-corrected chi connectivity index (χ3v) is 3.20. The predicted molar refractivity (Wildman–Crippen MR) is 62.7 cm³/mol. The van der Waals surface area contributed by atoms with E-state index in [4.69, 9.17) is 4.42 Å². The summed E-state index contributed by atoms with van der Waals surface area (Å²) in [6.45, 7) is 3.00. The average molecular weight is 216 g/mol. The molecule has 2 heterocycles. The van der Waals surface area contributed by atoms with E-state index in [0.29, 0.717) is 5.92 Å². The van der Waals surface area contributed by atoms with Crippen molar-refractivity contribution in [2.24, 2.45) is 5.92 Å². The molecule has 2 aromatic heterocycles. The zero-order chi connectivity index (χ0) is 11.0. The molecule has 1 saturated carbocycles. The van der Waals surface area contributed by atoms with Gasteiger partial charge in [-0.05, 0) is 36.6 Å². The Kier molecular flexibility index (Phi) is 2.24. The lowest BCUT2D eigenvalue weighted by atomic mass is 10.3. The molecule has 1 N–H and O–H groups in total. The number of hydrogen-bond acceptors (Lipinski definition) is 2. The molecule has 3 nitrogen and oxygen atoms in total. The Morgan fingerprint density at radius 3 is 2.81 bits per heavy atom. The van der Waals surface area contributed by atoms with Crippen LogP contribution >= 0.6 is 0 Å². The molecule has 0 radical (unpaired) electrons. The first kappa shape index (κ1) is 9.58. The Morgan fingerprint density at radius 2 is 2.12 bits per heavy atom. The van der Waals surface area contributed by atoms with E-state index in [1.807, 2.05) is 29.2 Å². The van der Waals surface area contributed by atoms with Crippen molar-refractivity contribution in [3.05, 3.63) is 48.2 Å². The Hall–Kier alpha value is -1.64. The topological polar surface area (TPSA) is 30.1 Å². The maximum absolute atomic E-state index is 5.80. The fourth-order valence-corrected chi connectivity index (χ4v) is 2.02. The van der Waals surface area contributed by atoms with E-state index in [9.17, 15) is 0 Å². The molecule has 1 aliphatic rings. The number of hydrogen-bond donors (Lipinski definition) is 1. The molecule has 16 heavy (non-hydrogen) atoms. The molecular formula is C13H16N2O. The van der Waals surface area contributed by atoms with E-state index >= 15 is 0 Å². The summed E-state index contributed by atoms with van der Waals surface area (Å²) < 4.78 is 7.73. The molecule has 2 aromatic rings. The van der Waals surface area contributed by atoms with Crippen LogP contribution in [0.2, 0.25) is 0 Å². The number of aromatic nitrogens is 1. The predicted octanol–water partition coefficient (Wildman–Crippen LogP) is 2.95. The minimum atomic E-state index is 0.667. The SMILES string of the molecule is CC1CC1c1ccc(CNn2cccc2)o1. The van der Waals surface area contributed by atoms with Gasteiger partial charge >= 0.3 is 0 Å². The average Bonchev–Trinajstić information content (AvgIpc) is 2.80. The molecule has 0 amide bonds. The monoisotopic (exact) mass is 216 g/mol. The second-order valence-corrected chi connectivity index (χ2v) is 4.55. The Bertz CT molecular complexity index is 458. The van der Waals surface area contributed by atoms with Gasteiger partial charge in [-0.15, -0.1) is 0 Å². The fourth-order valence-electron chi connectivity index (χ4n) is 2.02. The first-order valence-electron chi connectivity index (χ1n) is 5.78. The molecule has 3 heteroatoms. The summed E-state index contributed by atoms with van der Waals surface area (Å²) in [5, 5.41) is 0. The summed E-state index contributed by atoms with van der Waals surface area (Å²) in [5.74, 6) is 3.62. The van der Waals surface area contributed by atoms with E-state index < -0.39 is 0 Å². The summed E-state index contributed by atoms with van der Waals surface area (Å²) in [5.41, 5.74) is 3.25. The number of rotatable bonds is 4. The number of nitrogens with one attached hydrogen (secondary N) is 1. The lowest BCUT2D eigenvalue weighted by Crippen LogP contribution is -2.11. The smallest absolute Gasteiger partial charge is 0.124 e. The molecule has 0 saturated heterocycles. The van der Waals surface area contributed by atoms with E-state index in [2.05, 4.69) is 24.5 Å². The first-order valence-corrected chi connectivity index (χ1v) is 5.78. The van der Waals surface area contributed by atoms with Crippen LogP contribution in [-0.4, -0.2) is 4.68 Å². The van der Waals surface area contributed by atoms with Crippen molar-refractivity contribution in [1.82, 2.24) is 4.68 Å². The molecular weight excluding hydrogens is 200 g/mol. The van der Waals surface area contributed by atoms with Gasteiger partial charge in [-0.25, -0.2) is 0 Å². The number of furan rings is 1. The molecule has 1 aliphatic carbocycles. The van der Waals surface area contributed by atoms with Crippen molar-refractivity contribution in [3.63, 3.8) is 0 Å². The second-order valence-electron chi connectivity index (χ2n) is 4.55. The molecule has 0 aromatic carbocycles. The summed E-state index contributed by atoms with van der Waals surface area (Å²) >= 11 is 0. The van der Waals surface area contributed by atoms with Crippen LogP contribution in [0.15, 0.2) is 41.1 Å². The van der Waals surface area contributed by atoms with Gasteiger partial charge in [0, 0.05) is 18.3 Å². The molecule has 0 spiro atoms. The Balaban J connectivity index is 1.60. The summed E-state index contributed by atoms with van der Waals surface area (Å²) in [4.78, 5) is 0. The summed E-state index contributed by atoms with van der Waals surface area (Å²) in [6, 6.07) is 8.16. The quantitative estimate of drug-likeness (QED) is 0.851. The van der Waals surface area contributed by atoms with Crippen LogP contribution in [0.1, 0.15) is 30.8 Å². The first-order chi connectivity index (χ1) is 7.83. The van der Waals surface area contributed by atoms with E-state index in [1.54, 1.807) is 0 Å². The standard InChI is InChI=1S/C13H16N2O/c1-10-8-12(10)13-5-4-11(16-13)9-14-15-6-2-3-7-15/h2-7,10,12,14H,8-9H2,1H3. The summed E-state index contributed by atoms with van der Waals surface area (Å²) in [6.07, 6.45) is 5.23. The van der Waals surface area contributed by atoms with Gasteiger partial charge in [0.15, 0.2) is 0 Å². The molecule has 84 valence electrons. The summed E-state index contributed by atoms with van der Waals surface area (Å²) in [7, 11) is 0. The molecule has 2 atom stereocenters. The third-order valence-electron chi connectivity index (χ3n) is 3.20. The highest BCUT2D eigenvalue weighted by atomic mass is 16.3. The normalized spacial score (nSPS) is 23.3. The fraction of sp³-hybridized carbons (Fsp3) is 0.385. The number of nitrogens with zero attached hydrogens (tertiary/aromatic N) is 1. The van der Waals surface area contributed by atoms with Crippen molar-refractivity contribution in [3.8, 4) is 0 Å². The molecule has 2 unspecified atom stereocenters. The van der Waals surface area contributed by atoms with Gasteiger partial charge in [0.1, 0.15) is 11.5 Å². The van der Waals surface area contributed by atoms with Crippen molar-refractivity contribution in [2.75, 3.05) is 5.43 Å². The highest BCUT2D eigenvalue weighted by molar-refractivity contribution is 5.18. The zero-order valence-electron chi connectivity index (χ0n) is 9.39. The largest absolute Gasteiger partial charge is 0.464 e. The minimum Gasteiger partial charge on any atom is -0.464 e. The highest BCUT2D eigenvalue weighted by Gasteiger charge is 2.36. The van der Waals surface area contributed by atoms with E-state index in [0.717, 1.165) is 24.0 Å². The van der Waals surface area contributed by atoms with Gasteiger partial charge in [-0.2, -0.15) is 0 Å². The van der Waals surface area contributed by atoms with Crippen LogP contribution < -0.4 is 5.43 Å². The van der Waals surface area contributed by atoms with Crippen molar-refractivity contribution in [1.29, 1.82) is 0 Å². The van der Waals surface area contributed by atoms with Gasteiger partial charge in [0.2, 0.25) is 0 Å².